The molecule has 3 nitrogen and oxygen atoms in total. The van der Waals surface area contributed by atoms with Crippen molar-refractivity contribution in [3.05, 3.63) is 30.1 Å². The van der Waals surface area contributed by atoms with Crippen molar-refractivity contribution in [3.63, 3.8) is 0 Å². The van der Waals surface area contributed by atoms with E-state index in [1.807, 2.05) is 32.9 Å². The second kappa shape index (κ2) is 7.36. The van der Waals surface area contributed by atoms with Crippen molar-refractivity contribution in [2.45, 2.75) is 44.1 Å². The molecule has 2 rings (SSSR count). The van der Waals surface area contributed by atoms with Gasteiger partial charge in [-0.1, -0.05) is 12.1 Å². The summed E-state index contributed by atoms with van der Waals surface area (Å²) in [5, 5.41) is 0. The Bertz CT molecular complexity index is 508. The van der Waals surface area contributed by atoms with Crippen LogP contribution in [0, 0.1) is 11.7 Å². The van der Waals surface area contributed by atoms with Gasteiger partial charge in [0.25, 0.3) is 0 Å². The van der Waals surface area contributed by atoms with Crippen LogP contribution in [0.2, 0.25) is 0 Å². The fourth-order valence-electron chi connectivity index (χ4n) is 2.38. The maximum atomic E-state index is 13.6. The van der Waals surface area contributed by atoms with Crippen molar-refractivity contribution in [1.82, 2.24) is 4.90 Å². The quantitative estimate of drug-likeness (QED) is 0.763. The minimum absolute atomic E-state index is 0.154. The van der Waals surface area contributed by atoms with Gasteiger partial charge in [-0.25, -0.2) is 9.18 Å². The first kappa shape index (κ1) is 17.1. The summed E-state index contributed by atoms with van der Waals surface area (Å²) in [6.07, 6.45) is 1.66. The lowest BCUT2D eigenvalue weighted by Crippen LogP contribution is -2.42. The molecule has 0 bridgehead atoms. The van der Waals surface area contributed by atoms with Gasteiger partial charge >= 0.3 is 6.09 Å². The van der Waals surface area contributed by atoms with Crippen LogP contribution in [0.25, 0.3) is 0 Å². The monoisotopic (exact) mass is 325 g/mol. The summed E-state index contributed by atoms with van der Waals surface area (Å²) in [5.74, 6) is 1.25. The van der Waals surface area contributed by atoms with Crippen LogP contribution < -0.4 is 0 Å². The third-order valence-electron chi connectivity index (χ3n) is 3.58. The predicted molar refractivity (Wildman–Crippen MR) is 87.7 cm³/mol. The molecule has 22 heavy (non-hydrogen) atoms. The lowest BCUT2D eigenvalue weighted by molar-refractivity contribution is 0.0191. The van der Waals surface area contributed by atoms with Crippen molar-refractivity contribution in [2.75, 3.05) is 18.8 Å². The molecule has 0 saturated carbocycles. The number of benzene rings is 1. The first-order chi connectivity index (χ1) is 10.3. The van der Waals surface area contributed by atoms with E-state index < -0.39 is 5.60 Å². The zero-order valence-corrected chi connectivity index (χ0v) is 14.3. The third-order valence-corrected chi connectivity index (χ3v) is 4.86. The molecule has 0 unspecified atom stereocenters. The number of hydrogen-bond donors (Lipinski definition) is 0. The number of piperidine rings is 1. The fourth-order valence-corrected chi connectivity index (χ4v) is 3.51. The normalized spacial score (nSPS) is 16.6. The molecule has 1 aromatic rings. The Morgan fingerprint density at radius 3 is 2.55 bits per heavy atom. The molecule has 1 aliphatic rings. The number of rotatable bonds is 3. The zero-order valence-electron chi connectivity index (χ0n) is 13.5. The van der Waals surface area contributed by atoms with Crippen molar-refractivity contribution in [1.29, 1.82) is 0 Å². The van der Waals surface area contributed by atoms with E-state index in [0.29, 0.717) is 10.8 Å². The molecule has 1 fully saturated rings. The Kier molecular flexibility index (Phi) is 5.73. The van der Waals surface area contributed by atoms with Crippen LogP contribution in [0.5, 0.6) is 0 Å². The average molecular weight is 325 g/mol. The molecule has 0 aromatic heterocycles. The smallest absolute Gasteiger partial charge is 0.410 e. The summed E-state index contributed by atoms with van der Waals surface area (Å²) >= 11 is 1.56. The number of hydrogen-bond acceptors (Lipinski definition) is 3. The van der Waals surface area contributed by atoms with Gasteiger partial charge in [0.1, 0.15) is 11.4 Å². The Morgan fingerprint density at radius 1 is 1.32 bits per heavy atom. The summed E-state index contributed by atoms with van der Waals surface area (Å²) in [7, 11) is 0. The van der Waals surface area contributed by atoms with Crippen LogP contribution >= 0.6 is 11.8 Å². The number of nitrogens with zero attached hydrogens (tertiary/aromatic N) is 1. The molecule has 1 amide bonds. The molecule has 0 spiro atoms. The van der Waals surface area contributed by atoms with Crippen molar-refractivity contribution >= 4 is 17.9 Å². The van der Waals surface area contributed by atoms with Gasteiger partial charge in [-0.3, -0.25) is 0 Å². The van der Waals surface area contributed by atoms with Gasteiger partial charge in [0.2, 0.25) is 0 Å². The number of carbonyl (C=O) groups is 1. The Hall–Kier alpha value is -1.23. The standard InChI is InChI=1S/C17H24FNO2S/c1-17(2,3)21-16(20)19-10-8-13(9-11-19)12-22-15-7-5-4-6-14(15)18/h4-7,13H,8-12H2,1-3H3. The number of halogens is 1. The van der Waals surface area contributed by atoms with Gasteiger partial charge in [0.05, 0.1) is 0 Å². The van der Waals surface area contributed by atoms with E-state index in [1.165, 1.54) is 6.07 Å². The molecular weight excluding hydrogens is 301 g/mol. The highest BCUT2D eigenvalue weighted by Gasteiger charge is 2.26. The van der Waals surface area contributed by atoms with E-state index >= 15 is 0 Å². The van der Waals surface area contributed by atoms with Crippen LogP contribution in [0.1, 0.15) is 33.6 Å². The van der Waals surface area contributed by atoms with Gasteiger partial charge in [0.15, 0.2) is 0 Å². The van der Waals surface area contributed by atoms with Gasteiger partial charge < -0.3 is 9.64 Å². The van der Waals surface area contributed by atoms with Crippen LogP contribution in [0.3, 0.4) is 0 Å². The highest BCUT2D eigenvalue weighted by Crippen LogP contribution is 2.28. The molecule has 1 heterocycles. The summed E-state index contributed by atoms with van der Waals surface area (Å²) < 4.78 is 19.0. The molecule has 1 aromatic carbocycles. The average Bonchev–Trinajstić information content (AvgIpc) is 2.45. The molecule has 1 aliphatic heterocycles. The molecule has 5 heteroatoms. The maximum Gasteiger partial charge on any atom is 0.410 e. The maximum absolute atomic E-state index is 13.6. The minimum Gasteiger partial charge on any atom is -0.444 e. The summed E-state index contributed by atoms with van der Waals surface area (Å²) in [6.45, 7) is 7.07. The number of carbonyl (C=O) groups excluding carboxylic acids is 1. The van der Waals surface area contributed by atoms with Crippen molar-refractivity contribution < 1.29 is 13.9 Å². The highest BCUT2D eigenvalue weighted by molar-refractivity contribution is 7.99. The van der Waals surface area contributed by atoms with Gasteiger partial charge in [-0.2, -0.15) is 0 Å². The third kappa shape index (κ3) is 5.20. The zero-order chi connectivity index (χ0) is 16.2. The first-order valence-electron chi connectivity index (χ1n) is 7.70. The van der Waals surface area contributed by atoms with Crippen molar-refractivity contribution in [2.24, 2.45) is 5.92 Å². The van der Waals surface area contributed by atoms with E-state index in [0.717, 1.165) is 31.7 Å². The molecule has 1 saturated heterocycles. The van der Waals surface area contributed by atoms with E-state index in [4.69, 9.17) is 4.74 Å². The molecule has 122 valence electrons. The lowest BCUT2D eigenvalue weighted by atomic mass is 9.99. The first-order valence-corrected chi connectivity index (χ1v) is 8.69. The topological polar surface area (TPSA) is 29.5 Å². The fraction of sp³-hybridized carbons (Fsp3) is 0.588. The molecule has 0 radical (unpaired) electrons. The Labute approximate surface area is 136 Å². The lowest BCUT2D eigenvalue weighted by Gasteiger charge is -2.33. The summed E-state index contributed by atoms with van der Waals surface area (Å²) in [4.78, 5) is 14.5. The predicted octanol–water partition coefficient (Wildman–Crippen LogP) is 4.56. The minimum atomic E-state index is -0.450. The van der Waals surface area contributed by atoms with E-state index in [-0.39, 0.29) is 11.9 Å². The number of thioether (sulfide) groups is 1. The Morgan fingerprint density at radius 2 is 1.95 bits per heavy atom. The van der Waals surface area contributed by atoms with Crippen LogP contribution in [0.4, 0.5) is 9.18 Å². The molecular formula is C17H24FNO2S. The second-order valence-electron chi connectivity index (χ2n) is 6.65. The highest BCUT2D eigenvalue weighted by atomic mass is 32.2. The molecule has 0 N–H and O–H groups in total. The van der Waals surface area contributed by atoms with Gasteiger partial charge in [-0.15, -0.1) is 11.8 Å². The second-order valence-corrected chi connectivity index (χ2v) is 7.71. The van der Waals surface area contributed by atoms with Gasteiger partial charge in [-0.05, 0) is 51.7 Å². The van der Waals surface area contributed by atoms with E-state index in [9.17, 15) is 9.18 Å². The largest absolute Gasteiger partial charge is 0.444 e. The van der Waals surface area contributed by atoms with E-state index in [1.54, 1.807) is 22.7 Å². The number of amides is 1. The molecule has 0 atom stereocenters. The van der Waals surface area contributed by atoms with Crippen LogP contribution in [-0.2, 0) is 4.74 Å². The number of likely N-dealkylation sites (tertiary alicyclic amines) is 1. The van der Waals surface area contributed by atoms with Crippen LogP contribution in [-0.4, -0.2) is 35.4 Å². The van der Waals surface area contributed by atoms with Crippen LogP contribution in [0.15, 0.2) is 29.2 Å². The van der Waals surface area contributed by atoms with Crippen molar-refractivity contribution in [3.8, 4) is 0 Å². The molecule has 0 aliphatic carbocycles. The summed E-state index contributed by atoms with van der Waals surface area (Å²) in [5.41, 5.74) is -0.450. The number of ether oxygens (including phenoxy) is 1. The van der Waals surface area contributed by atoms with E-state index in [2.05, 4.69) is 0 Å². The SMILES string of the molecule is CC(C)(C)OC(=O)N1CCC(CSc2ccccc2F)CC1. The Balaban J connectivity index is 1.76. The van der Waals surface area contributed by atoms with Gasteiger partial charge in [0, 0.05) is 23.7 Å². The summed E-state index contributed by atoms with van der Waals surface area (Å²) in [6, 6.07) is 6.87.